The van der Waals surface area contributed by atoms with Gasteiger partial charge in [0.15, 0.2) is 6.10 Å². The Morgan fingerprint density at radius 1 is 0.800 bits per heavy atom. The highest BCUT2D eigenvalue weighted by atomic mass is 16.4. The Bertz CT molecular complexity index is 327. The largest absolute Gasteiger partial charge is 0.480 e. The number of nitrogens with two attached hydrogens (primary N) is 2. The first kappa shape index (κ1) is 26.1. The van der Waals surface area contributed by atoms with E-state index in [0.717, 1.165) is 32.1 Å². The summed E-state index contributed by atoms with van der Waals surface area (Å²) in [6, 6.07) is -0.716. The summed E-state index contributed by atoms with van der Waals surface area (Å²) in [6.07, 6.45) is 10.8. The second-order valence-corrected chi connectivity index (χ2v) is 6.35. The SMILES string of the molecule is CCCCCCCCCCC(O)C(=O)O.NCCCCC(N)C(=O)O. The minimum absolute atomic E-state index is 0.393. The van der Waals surface area contributed by atoms with E-state index in [0.29, 0.717) is 19.4 Å². The van der Waals surface area contributed by atoms with Crippen molar-refractivity contribution in [3.63, 3.8) is 0 Å². The van der Waals surface area contributed by atoms with Gasteiger partial charge in [-0.2, -0.15) is 0 Å². The van der Waals surface area contributed by atoms with Gasteiger partial charge >= 0.3 is 11.9 Å². The van der Waals surface area contributed by atoms with Gasteiger partial charge in [-0.15, -0.1) is 0 Å². The molecule has 0 aromatic heterocycles. The summed E-state index contributed by atoms with van der Waals surface area (Å²) in [6.45, 7) is 2.81. The zero-order chi connectivity index (χ0) is 19.5. The quantitative estimate of drug-likeness (QED) is 0.281. The van der Waals surface area contributed by atoms with E-state index in [-0.39, 0.29) is 0 Å². The van der Waals surface area contributed by atoms with Gasteiger partial charge in [-0.1, -0.05) is 64.7 Å². The van der Waals surface area contributed by atoms with E-state index in [1.807, 2.05) is 0 Å². The number of carboxylic acid groups (broad SMARTS) is 2. The van der Waals surface area contributed by atoms with E-state index in [9.17, 15) is 9.59 Å². The van der Waals surface area contributed by atoms with Gasteiger partial charge in [0.25, 0.3) is 0 Å². The number of hydrogen-bond acceptors (Lipinski definition) is 5. The summed E-state index contributed by atoms with van der Waals surface area (Å²) in [7, 11) is 0. The van der Waals surface area contributed by atoms with Crippen LogP contribution in [-0.4, -0.2) is 45.9 Å². The van der Waals surface area contributed by atoms with E-state index < -0.39 is 24.1 Å². The fourth-order valence-electron chi connectivity index (χ4n) is 2.23. The van der Waals surface area contributed by atoms with Crippen LogP contribution in [0.4, 0.5) is 0 Å². The number of aliphatic hydroxyl groups excluding tert-OH is 1. The van der Waals surface area contributed by atoms with Crippen LogP contribution in [-0.2, 0) is 9.59 Å². The first-order valence-electron chi connectivity index (χ1n) is 9.46. The van der Waals surface area contributed by atoms with Crippen molar-refractivity contribution in [3.05, 3.63) is 0 Å². The van der Waals surface area contributed by atoms with E-state index in [1.165, 1.54) is 32.1 Å². The molecule has 0 heterocycles. The van der Waals surface area contributed by atoms with Crippen LogP contribution in [0.25, 0.3) is 0 Å². The predicted molar refractivity (Wildman–Crippen MR) is 99.4 cm³/mol. The van der Waals surface area contributed by atoms with Crippen LogP contribution in [0, 0.1) is 0 Å². The Hall–Kier alpha value is -1.18. The summed E-state index contributed by atoms with van der Waals surface area (Å²) >= 11 is 0. The second-order valence-electron chi connectivity index (χ2n) is 6.35. The summed E-state index contributed by atoms with van der Waals surface area (Å²) in [5.74, 6) is -2.03. The summed E-state index contributed by atoms with van der Waals surface area (Å²) in [4.78, 5) is 20.4. The smallest absolute Gasteiger partial charge is 0.332 e. The summed E-state index contributed by atoms with van der Waals surface area (Å²) < 4.78 is 0. The van der Waals surface area contributed by atoms with Crippen LogP contribution < -0.4 is 11.5 Å². The third kappa shape index (κ3) is 20.8. The molecule has 2 unspecified atom stereocenters. The van der Waals surface area contributed by atoms with E-state index in [4.69, 9.17) is 26.8 Å². The molecule has 0 fully saturated rings. The molecule has 0 aliphatic carbocycles. The first-order valence-corrected chi connectivity index (χ1v) is 9.46. The van der Waals surface area contributed by atoms with E-state index in [2.05, 4.69) is 6.92 Å². The maximum absolute atomic E-state index is 10.3. The van der Waals surface area contributed by atoms with Crippen molar-refractivity contribution >= 4 is 11.9 Å². The van der Waals surface area contributed by atoms with E-state index in [1.54, 1.807) is 0 Å². The van der Waals surface area contributed by atoms with E-state index >= 15 is 0 Å². The van der Waals surface area contributed by atoms with Crippen LogP contribution in [0.3, 0.4) is 0 Å². The maximum Gasteiger partial charge on any atom is 0.332 e. The number of unbranched alkanes of at least 4 members (excludes halogenated alkanes) is 8. The fourth-order valence-corrected chi connectivity index (χ4v) is 2.23. The topological polar surface area (TPSA) is 147 Å². The average molecular weight is 363 g/mol. The van der Waals surface area contributed by atoms with Gasteiger partial charge in [-0.05, 0) is 25.8 Å². The van der Waals surface area contributed by atoms with Gasteiger partial charge in [-0.3, -0.25) is 4.79 Å². The minimum atomic E-state index is -1.16. The molecule has 0 saturated heterocycles. The molecule has 0 spiro atoms. The number of aliphatic hydroxyl groups is 1. The molecular weight excluding hydrogens is 324 g/mol. The van der Waals surface area contributed by atoms with Gasteiger partial charge in [0.2, 0.25) is 0 Å². The van der Waals surface area contributed by atoms with Crippen molar-refractivity contribution in [2.45, 2.75) is 96.1 Å². The highest BCUT2D eigenvalue weighted by molar-refractivity contribution is 5.73. The van der Waals surface area contributed by atoms with Crippen molar-refractivity contribution in [1.29, 1.82) is 0 Å². The fraction of sp³-hybridized carbons (Fsp3) is 0.889. The van der Waals surface area contributed by atoms with Crippen LogP contribution >= 0.6 is 0 Å². The van der Waals surface area contributed by atoms with Crippen molar-refractivity contribution in [3.8, 4) is 0 Å². The van der Waals surface area contributed by atoms with Gasteiger partial charge in [-0.25, -0.2) is 4.79 Å². The van der Waals surface area contributed by atoms with Crippen molar-refractivity contribution in [2.24, 2.45) is 11.5 Å². The summed E-state index contributed by atoms with van der Waals surface area (Å²) in [5.41, 5.74) is 10.4. The molecule has 0 rings (SSSR count). The highest BCUT2D eigenvalue weighted by Gasteiger charge is 2.11. The van der Waals surface area contributed by atoms with Crippen LogP contribution in [0.1, 0.15) is 84.0 Å². The third-order valence-electron chi connectivity index (χ3n) is 3.90. The van der Waals surface area contributed by atoms with Gasteiger partial charge in [0.1, 0.15) is 6.04 Å². The first-order chi connectivity index (χ1) is 11.9. The Balaban J connectivity index is 0. The number of hydrogen-bond donors (Lipinski definition) is 5. The second kappa shape index (κ2) is 19.1. The normalized spacial score (nSPS) is 12.8. The molecule has 0 saturated carbocycles. The lowest BCUT2D eigenvalue weighted by Crippen LogP contribution is -2.29. The number of carbonyl (C=O) groups is 2. The third-order valence-corrected chi connectivity index (χ3v) is 3.90. The maximum atomic E-state index is 10.3. The molecular formula is C18H38N2O5. The molecule has 0 radical (unpaired) electrons. The highest BCUT2D eigenvalue weighted by Crippen LogP contribution is 2.10. The number of rotatable bonds is 15. The molecule has 0 aromatic rings. The Kier molecular flexibility index (Phi) is 20.0. The summed E-state index contributed by atoms with van der Waals surface area (Å²) in [5, 5.41) is 25.8. The van der Waals surface area contributed by atoms with Crippen molar-refractivity contribution < 1.29 is 24.9 Å². The lowest BCUT2D eigenvalue weighted by Gasteiger charge is -2.04. The average Bonchev–Trinajstić information content (AvgIpc) is 2.57. The zero-order valence-corrected chi connectivity index (χ0v) is 15.7. The van der Waals surface area contributed by atoms with Crippen LogP contribution in [0.2, 0.25) is 0 Å². The molecule has 7 N–H and O–H groups in total. The van der Waals surface area contributed by atoms with Crippen LogP contribution in [0.5, 0.6) is 0 Å². The molecule has 0 amide bonds. The molecule has 0 aliphatic rings. The Morgan fingerprint density at radius 2 is 1.28 bits per heavy atom. The van der Waals surface area contributed by atoms with Crippen molar-refractivity contribution in [1.82, 2.24) is 0 Å². The predicted octanol–water partition coefficient (Wildman–Crippen LogP) is 2.49. The molecule has 7 nitrogen and oxygen atoms in total. The standard InChI is InChI=1S/C12H24O3.C6H14N2O2/c1-2-3-4-5-6-7-8-9-10-11(13)12(14)15;7-4-2-1-3-5(8)6(9)10/h11,13H,2-10H2,1H3,(H,14,15);5H,1-4,7-8H2,(H,9,10). The van der Waals surface area contributed by atoms with Gasteiger partial charge < -0.3 is 26.8 Å². The Morgan fingerprint density at radius 3 is 1.72 bits per heavy atom. The van der Waals surface area contributed by atoms with Gasteiger partial charge in [0, 0.05) is 0 Å². The van der Waals surface area contributed by atoms with Crippen molar-refractivity contribution in [2.75, 3.05) is 6.54 Å². The minimum Gasteiger partial charge on any atom is -0.480 e. The molecule has 2 atom stereocenters. The number of carboxylic acids is 2. The molecule has 0 bridgehead atoms. The van der Waals surface area contributed by atoms with Crippen LogP contribution in [0.15, 0.2) is 0 Å². The molecule has 25 heavy (non-hydrogen) atoms. The zero-order valence-electron chi connectivity index (χ0n) is 15.7. The molecule has 0 aliphatic heterocycles. The molecule has 150 valence electrons. The monoisotopic (exact) mass is 362 g/mol. The van der Waals surface area contributed by atoms with Gasteiger partial charge in [0.05, 0.1) is 0 Å². The molecule has 0 aromatic carbocycles. The lowest BCUT2D eigenvalue weighted by atomic mass is 10.1. The number of aliphatic carboxylic acids is 2. The Labute approximate surface area is 151 Å². The lowest BCUT2D eigenvalue weighted by molar-refractivity contribution is -0.147. The molecule has 7 heteroatoms.